The lowest BCUT2D eigenvalue weighted by Gasteiger charge is -2.06. The number of rotatable bonds is 6. The van der Waals surface area contributed by atoms with Gasteiger partial charge in [0.1, 0.15) is 5.82 Å². The molecule has 108 valence electrons. The standard InChI is InChI=1S/C15H17N5O/c1-2-21-11-13-10-18-15-7-6-14(19-20(13)15)17-9-12-5-3-4-8-16-12/h3-8,10H,2,9,11H2,1H3,(H,17,19). The topological polar surface area (TPSA) is 64.3 Å². The van der Waals surface area contributed by atoms with Gasteiger partial charge in [0, 0.05) is 12.8 Å². The van der Waals surface area contributed by atoms with Crippen molar-refractivity contribution in [3.63, 3.8) is 0 Å². The zero-order chi connectivity index (χ0) is 14.5. The van der Waals surface area contributed by atoms with E-state index in [0.717, 1.165) is 22.9 Å². The predicted octanol–water partition coefficient (Wildman–Crippen LogP) is 2.27. The van der Waals surface area contributed by atoms with Crippen molar-refractivity contribution in [2.45, 2.75) is 20.1 Å². The SMILES string of the molecule is CCOCc1cnc2ccc(NCc3ccccn3)nn12. The second kappa shape index (κ2) is 6.32. The number of nitrogens with zero attached hydrogens (tertiary/aromatic N) is 4. The highest BCUT2D eigenvalue weighted by Crippen LogP contribution is 2.10. The van der Waals surface area contributed by atoms with E-state index in [1.807, 2.05) is 37.3 Å². The van der Waals surface area contributed by atoms with Crippen LogP contribution in [-0.4, -0.2) is 26.2 Å². The van der Waals surface area contributed by atoms with Gasteiger partial charge >= 0.3 is 0 Å². The molecule has 3 aromatic heterocycles. The first-order chi connectivity index (χ1) is 10.4. The molecule has 0 aliphatic rings. The third-order valence-electron chi connectivity index (χ3n) is 3.06. The number of pyridine rings is 1. The quantitative estimate of drug-likeness (QED) is 0.752. The number of ether oxygens (including phenoxy) is 1. The molecule has 6 nitrogen and oxygen atoms in total. The lowest BCUT2D eigenvalue weighted by molar-refractivity contribution is 0.130. The summed E-state index contributed by atoms with van der Waals surface area (Å²) in [5, 5.41) is 7.80. The minimum atomic E-state index is 0.508. The third-order valence-corrected chi connectivity index (χ3v) is 3.06. The van der Waals surface area contributed by atoms with Crippen LogP contribution >= 0.6 is 0 Å². The van der Waals surface area contributed by atoms with Crippen LogP contribution in [0.25, 0.3) is 5.65 Å². The van der Waals surface area contributed by atoms with E-state index in [4.69, 9.17) is 4.74 Å². The molecule has 0 atom stereocenters. The molecule has 0 saturated carbocycles. The Morgan fingerprint density at radius 3 is 2.95 bits per heavy atom. The highest BCUT2D eigenvalue weighted by Gasteiger charge is 2.05. The van der Waals surface area contributed by atoms with Gasteiger partial charge in [0.05, 0.1) is 30.7 Å². The smallest absolute Gasteiger partial charge is 0.154 e. The van der Waals surface area contributed by atoms with Crippen molar-refractivity contribution in [3.8, 4) is 0 Å². The van der Waals surface area contributed by atoms with Crippen molar-refractivity contribution < 1.29 is 4.74 Å². The van der Waals surface area contributed by atoms with Crippen molar-refractivity contribution >= 4 is 11.5 Å². The van der Waals surface area contributed by atoms with E-state index >= 15 is 0 Å². The Bertz CT molecular complexity index is 710. The Morgan fingerprint density at radius 1 is 1.19 bits per heavy atom. The van der Waals surface area contributed by atoms with Crippen LogP contribution in [0.5, 0.6) is 0 Å². The summed E-state index contributed by atoms with van der Waals surface area (Å²) in [4.78, 5) is 8.59. The summed E-state index contributed by atoms with van der Waals surface area (Å²) in [7, 11) is 0. The average Bonchev–Trinajstić information content (AvgIpc) is 2.94. The first kappa shape index (κ1) is 13.5. The summed E-state index contributed by atoms with van der Waals surface area (Å²) >= 11 is 0. The Morgan fingerprint density at radius 2 is 2.14 bits per heavy atom. The second-order valence-electron chi connectivity index (χ2n) is 4.55. The molecule has 1 N–H and O–H groups in total. The van der Waals surface area contributed by atoms with Crippen LogP contribution in [0.4, 0.5) is 5.82 Å². The summed E-state index contributed by atoms with van der Waals surface area (Å²) in [6.45, 7) is 3.78. The summed E-state index contributed by atoms with van der Waals surface area (Å²) in [6.07, 6.45) is 3.57. The number of anilines is 1. The van der Waals surface area contributed by atoms with Crippen molar-refractivity contribution in [2.75, 3.05) is 11.9 Å². The summed E-state index contributed by atoms with van der Waals surface area (Å²) < 4.78 is 7.23. The lowest BCUT2D eigenvalue weighted by Crippen LogP contribution is -2.07. The van der Waals surface area contributed by atoms with E-state index in [0.29, 0.717) is 19.8 Å². The van der Waals surface area contributed by atoms with Gasteiger partial charge in [-0.1, -0.05) is 6.07 Å². The molecule has 0 radical (unpaired) electrons. The van der Waals surface area contributed by atoms with Gasteiger partial charge in [0.15, 0.2) is 5.65 Å². The number of imidazole rings is 1. The minimum absolute atomic E-state index is 0.508. The van der Waals surface area contributed by atoms with E-state index < -0.39 is 0 Å². The van der Waals surface area contributed by atoms with Gasteiger partial charge in [-0.05, 0) is 31.2 Å². The molecule has 3 rings (SSSR count). The molecule has 3 aromatic rings. The van der Waals surface area contributed by atoms with Gasteiger partial charge < -0.3 is 10.1 Å². The Balaban J connectivity index is 1.76. The van der Waals surface area contributed by atoms with E-state index in [-0.39, 0.29) is 0 Å². The molecule has 0 amide bonds. The molecule has 0 fully saturated rings. The molecule has 0 unspecified atom stereocenters. The summed E-state index contributed by atoms with van der Waals surface area (Å²) in [6, 6.07) is 9.69. The molecule has 0 saturated heterocycles. The Kier molecular flexibility index (Phi) is 4.07. The third kappa shape index (κ3) is 3.17. The molecule has 0 aliphatic heterocycles. The van der Waals surface area contributed by atoms with Crippen molar-refractivity contribution in [3.05, 3.63) is 54.1 Å². The molecule has 3 heterocycles. The number of hydrogen-bond acceptors (Lipinski definition) is 5. The van der Waals surface area contributed by atoms with Gasteiger partial charge in [0.2, 0.25) is 0 Å². The van der Waals surface area contributed by atoms with Gasteiger partial charge in [-0.3, -0.25) is 4.98 Å². The highest BCUT2D eigenvalue weighted by atomic mass is 16.5. The van der Waals surface area contributed by atoms with Crippen LogP contribution in [0.3, 0.4) is 0 Å². The van der Waals surface area contributed by atoms with E-state index in [2.05, 4.69) is 20.4 Å². The normalized spacial score (nSPS) is 10.9. The van der Waals surface area contributed by atoms with Crippen molar-refractivity contribution in [2.24, 2.45) is 0 Å². The average molecular weight is 283 g/mol. The van der Waals surface area contributed by atoms with Gasteiger partial charge in [-0.15, -0.1) is 5.10 Å². The largest absolute Gasteiger partial charge is 0.375 e. The van der Waals surface area contributed by atoms with Crippen LogP contribution in [0.1, 0.15) is 18.3 Å². The highest BCUT2D eigenvalue weighted by molar-refractivity contribution is 5.45. The zero-order valence-electron chi connectivity index (χ0n) is 11.9. The number of aromatic nitrogens is 4. The summed E-state index contributed by atoms with van der Waals surface area (Å²) in [5.41, 5.74) is 2.72. The maximum absolute atomic E-state index is 5.42. The minimum Gasteiger partial charge on any atom is -0.375 e. The van der Waals surface area contributed by atoms with Crippen molar-refractivity contribution in [1.29, 1.82) is 0 Å². The summed E-state index contributed by atoms with van der Waals surface area (Å²) in [5.74, 6) is 0.781. The molecular formula is C15H17N5O. The van der Waals surface area contributed by atoms with Gasteiger partial charge in [0.25, 0.3) is 0 Å². The van der Waals surface area contributed by atoms with Crippen LogP contribution in [-0.2, 0) is 17.9 Å². The van der Waals surface area contributed by atoms with Crippen LogP contribution in [0, 0.1) is 0 Å². The number of nitrogens with one attached hydrogen (secondary N) is 1. The fraction of sp³-hybridized carbons (Fsp3) is 0.267. The molecule has 0 bridgehead atoms. The molecule has 0 aromatic carbocycles. The number of hydrogen-bond donors (Lipinski definition) is 1. The Labute approximate surface area is 122 Å². The lowest BCUT2D eigenvalue weighted by atomic mass is 10.3. The van der Waals surface area contributed by atoms with Gasteiger partial charge in [-0.2, -0.15) is 0 Å². The predicted molar refractivity (Wildman–Crippen MR) is 79.9 cm³/mol. The molecule has 0 spiro atoms. The van der Waals surface area contributed by atoms with E-state index in [9.17, 15) is 0 Å². The maximum atomic E-state index is 5.42. The maximum Gasteiger partial charge on any atom is 0.154 e. The van der Waals surface area contributed by atoms with E-state index in [1.54, 1.807) is 16.9 Å². The van der Waals surface area contributed by atoms with Crippen LogP contribution in [0.2, 0.25) is 0 Å². The van der Waals surface area contributed by atoms with Gasteiger partial charge in [-0.25, -0.2) is 9.50 Å². The first-order valence-electron chi connectivity index (χ1n) is 6.92. The molecule has 0 aliphatic carbocycles. The van der Waals surface area contributed by atoms with Crippen LogP contribution in [0.15, 0.2) is 42.7 Å². The van der Waals surface area contributed by atoms with Crippen molar-refractivity contribution in [1.82, 2.24) is 19.6 Å². The van der Waals surface area contributed by atoms with Crippen LogP contribution < -0.4 is 5.32 Å². The zero-order valence-corrected chi connectivity index (χ0v) is 11.9. The molecular weight excluding hydrogens is 266 g/mol. The second-order valence-corrected chi connectivity index (χ2v) is 4.55. The first-order valence-corrected chi connectivity index (χ1v) is 6.92. The molecule has 6 heteroatoms. The fourth-order valence-electron chi connectivity index (χ4n) is 2.00. The molecule has 21 heavy (non-hydrogen) atoms. The fourth-order valence-corrected chi connectivity index (χ4v) is 2.00. The Hall–Kier alpha value is -2.47. The number of fused-ring (bicyclic) bond motifs is 1. The van der Waals surface area contributed by atoms with E-state index in [1.165, 1.54) is 0 Å². The monoisotopic (exact) mass is 283 g/mol.